The fourth-order valence-corrected chi connectivity index (χ4v) is 4.29. The summed E-state index contributed by atoms with van der Waals surface area (Å²) < 4.78 is 3.43. The van der Waals surface area contributed by atoms with Crippen molar-refractivity contribution in [3.63, 3.8) is 0 Å². The van der Waals surface area contributed by atoms with Gasteiger partial charge >= 0.3 is 5.69 Å². The first-order valence-electron chi connectivity index (χ1n) is 10.4. The van der Waals surface area contributed by atoms with E-state index in [-0.39, 0.29) is 5.56 Å². The topological polar surface area (TPSA) is 75.9 Å². The molecule has 2 aromatic heterocycles. The molecule has 4 rings (SSSR count). The largest absolute Gasteiger partial charge is 0.342 e. The lowest BCUT2D eigenvalue weighted by atomic mass is 9.90. The molecule has 29 heavy (non-hydrogen) atoms. The number of aryl methyl sites for hydroxylation is 1. The highest BCUT2D eigenvalue weighted by molar-refractivity contribution is 5.74. The predicted octanol–water partition coefficient (Wildman–Crippen LogP) is 2.54. The van der Waals surface area contributed by atoms with Crippen molar-refractivity contribution in [1.29, 1.82) is 0 Å². The average molecular weight is 396 g/mol. The van der Waals surface area contributed by atoms with Gasteiger partial charge in [0, 0.05) is 26.7 Å². The third kappa shape index (κ3) is 3.86. The molecule has 7 nitrogen and oxygen atoms in total. The maximum atomic E-state index is 12.6. The van der Waals surface area contributed by atoms with E-state index in [4.69, 9.17) is 4.98 Å². The van der Waals surface area contributed by atoms with Gasteiger partial charge in [0.2, 0.25) is 5.95 Å². The Hall–Kier alpha value is -2.83. The zero-order chi connectivity index (χ0) is 20.5. The highest BCUT2D eigenvalue weighted by atomic mass is 16.2. The van der Waals surface area contributed by atoms with Crippen molar-refractivity contribution in [2.24, 2.45) is 18.9 Å². The molecule has 0 atom stereocenters. The van der Waals surface area contributed by atoms with E-state index < -0.39 is 5.69 Å². The maximum Gasteiger partial charge on any atom is 0.329 e. The number of H-pyrrole nitrogens is 1. The lowest BCUT2D eigenvalue weighted by molar-refractivity contribution is 0.396. The first-order valence-corrected chi connectivity index (χ1v) is 10.4. The summed E-state index contributed by atoms with van der Waals surface area (Å²) in [5.41, 5.74) is 1.55. The number of nitrogens with zero attached hydrogens (tertiary/aromatic N) is 4. The van der Waals surface area contributed by atoms with Crippen LogP contribution in [-0.4, -0.2) is 32.2 Å². The Bertz CT molecular complexity index is 1100. The predicted molar refractivity (Wildman–Crippen MR) is 116 cm³/mol. The van der Waals surface area contributed by atoms with Gasteiger partial charge in [0.05, 0.1) is 0 Å². The Kier molecular flexibility index (Phi) is 5.30. The molecule has 1 fully saturated rings. The van der Waals surface area contributed by atoms with E-state index in [0.29, 0.717) is 29.5 Å². The molecule has 0 aliphatic carbocycles. The average Bonchev–Trinajstić information content (AvgIpc) is 3.07. The van der Waals surface area contributed by atoms with Crippen molar-refractivity contribution in [2.45, 2.75) is 39.7 Å². The van der Waals surface area contributed by atoms with Crippen molar-refractivity contribution in [1.82, 2.24) is 19.1 Å². The Morgan fingerprint density at radius 1 is 1.14 bits per heavy atom. The Morgan fingerprint density at radius 3 is 2.48 bits per heavy atom. The van der Waals surface area contributed by atoms with E-state index in [1.165, 1.54) is 10.1 Å². The van der Waals surface area contributed by atoms with Gasteiger partial charge in [0.25, 0.3) is 5.56 Å². The van der Waals surface area contributed by atoms with Crippen molar-refractivity contribution < 1.29 is 0 Å². The number of anilines is 1. The van der Waals surface area contributed by atoms with Gasteiger partial charge in [-0.25, -0.2) is 4.79 Å². The van der Waals surface area contributed by atoms with Crippen LogP contribution in [0.5, 0.6) is 0 Å². The number of hydrogen-bond acceptors (Lipinski definition) is 4. The molecule has 1 N–H and O–H groups in total. The minimum Gasteiger partial charge on any atom is -0.342 e. The second-order valence-electron chi connectivity index (χ2n) is 8.53. The minimum atomic E-state index is -0.426. The van der Waals surface area contributed by atoms with Gasteiger partial charge in [-0.05, 0) is 36.7 Å². The van der Waals surface area contributed by atoms with Crippen LogP contribution < -0.4 is 16.1 Å². The standard InChI is InChI=1S/C22H29N5O2/c1-15(2)14-27-18-19(25(3)22(29)24-20(18)28)23-21(27)26-11-9-17(10-12-26)13-16-7-5-4-6-8-16/h4-8,15,17H,9-14H2,1-3H3,(H,24,28,29). The zero-order valence-corrected chi connectivity index (χ0v) is 17.4. The summed E-state index contributed by atoms with van der Waals surface area (Å²) in [6.45, 7) is 6.75. The van der Waals surface area contributed by atoms with Crippen LogP contribution >= 0.6 is 0 Å². The van der Waals surface area contributed by atoms with E-state index >= 15 is 0 Å². The number of fused-ring (bicyclic) bond motifs is 1. The van der Waals surface area contributed by atoms with Gasteiger partial charge in [0.1, 0.15) is 0 Å². The van der Waals surface area contributed by atoms with Crippen LogP contribution in [-0.2, 0) is 20.0 Å². The first-order chi connectivity index (χ1) is 13.9. The quantitative estimate of drug-likeness (QED) is 0.720. The zero-order valence-electron chi connectivity index (χ0n) is 17.4. The molecule has 154 valence electrons. The van der Waals surface area contributed by atoms with Crippen LogP contribution in [0.3, 0.4) is 0 Å². The lowest BCUT2D eigenvalue weighted by Gasteiger charge is -2.33. The summed E-state index contributed by atoms with van der Waals surface area (Å²) in [6.07, 6.45) is 3.29. The summed E-state index contributed by atoms with van der Waals surface area (Å²) in [7, 11) is 1.66. The van der Waals surface area contributed by atoms with Crippen LogP contribution in [0, 0.1) is 11.8 Å². The summed E-state index contributed by atoms with van der Waals surface area (Å²) in [6, 6.07) is 10.6. The van der Waals surface area contributed by atoms with E-state index in [1.807, 2.05) is 4.57 Å². The normalized spacial score (nSPS) is 15.5. The van der Waals surface area contributed by atoms with Crippen molar-refractivity contribution in [3.05, 3.63) is 56.7 Å². The minimum absolute atomic E-state index is 0.360. The Labute approximate surface area is 170 Å². The van der Waals surface area contributed by atoms with Crippen molar-refractivity contribution in [3.8, 4) is 0 Å². The number of benzene rings is 1. The number of piperidine rings is 1. The Morgan fingerprint density at radius 2 is 1.83 bits per heavy atom. The second-order valence-corrected chi connectivity index (χ2v) is 8.53. The number of nitrogens with one attached hydrogen (secondary N) is 1. The van der Waals surface area contributed by atoms with Crippen LogP contribution in [0.1, 0.15) is 32.3 Å². The molecule has 1 saturated heterocycles. The maximum absolute atomic E-state index is 12.6. The van der Waals surface area contributed by atoms with Crippen molar-refractivity contribution >= 4 is 17.1 Å². The Balaban J connectivity index is 1.62. The number of imidazole rings is 1. The molecule has 0 unspecified atom stereocenters. The monoisotopic (exact) mass is 395 g/mol. The van der Waals surface area contributed by atoms with Gasteiger partial charge < -0.3 is 9.47 Å². The molecular formula is C22H29N5O2. The van der Waals surface area contributed by atoms with Gasteiger partial charge in [-0.1, -0.05) is 44.2 Å². The molecule has 0 spiro atoms. The molecule has 1 aliphatic heterocycles. The van der Waals surface area contributed by atoms with Gasteiger partial charge in [-0.3, -0.25) is 14.3 Å². The smallest absolute Gasteiger partial charge is 0.329 e. The molecule has 7 heteroatoms. The SMILES string of the molecule is CC(C)Cn1c(N2CCC(Cc3ccccc3)CC2)nc2c1c(=O)[nH]c(=O)n2C. The van der Waals surface area contributed by atoms with E-state index in [0.717, 1.165) is 38.3 Å². The van der Waals surface area contributed by atoms with E-state index in [9.17, 15) is 9.59 Å². The molecule has 1 aliphatic rings. The summed E-state index contributed by atoms with van der Waals surface area (Å²) in [4.78, 5) is 34.0. The van der Waals surface area contributed by atoms with Gasteiger partial charge in [-0.2, -0.15) is 4.98 Å². The van der Waals surface area contributed by atoms with Gasteiger partial charge in [0.15, 0.2) is 11.2 Å². The fraction of sp³-hybridized carbons (Fsp3) is 0.500. The second kappa shape index (κ2) is 7.89. The van der Waals surface area contributed by atoms with Crippen LogP contribution in [0.4, 0.5) is 5.95 Å². The summed E-state index contributed by atoms with van der Waals surface area (Å²) >= 11 is 0. The number of hydrogen-bond donors (Lipinski definition) is 1. The molecular weight excluding hydrogens is 366 g/mol. The first kappa shape index (κ1) is 19.5. The number of aromatic nitrogens is 4. The lowest BCUT2D eigenvalue weighted by Crippen LogP contribution is -2.36. The van der Waals surface area contributed by atoms with Crippen molar-refractivity contribution in [2.75, 3.05) is 18.0 Å². The molecule has 3 heterocycles. The highest BCUT2D eigenvalue weighted by Gasteiger charge is 2.26. The van der Waals surface area contributed by atoms with Gasteiger partial charge in [-0.15, -0.1) is 0 Å². The van der Waals surface area contributed by atoms with E-state index in [2.05, 4.69) is 54.1 Å². The third-order valence-corrected chi connectivity index (χ3v) is 5.80. The molecule has 0 bridgehead atoms. The number of aromatic amines is 1. The van der Waals surface area contributed by atoms with Crippen LogP contribution in [0.2, 0.25) is 0 Å². The molecule has 0 amide bonds. The van der Waals surface area contributed by atoms with Crippen LogP contribution in [0.25, 0.3) is 11.2 Å². The summed E-state index contributed by atoms with van der Waals surface area (Å²) in [5.74, 6) is 1.82. The molecule has 0 saturated carbocycles. The third-order valence-electron chi connectivity index (χ3n) is 5.80. The molecule has 3 aromatic rings. The highest BCUT2D eigenvalue weighted by Crippen LogP contribution is 2.27. The van der Waals surface area contributed by atoms with E-state index in [1.54, 1.807) is 7.05 Å². The molecule has 1 aromatic carbocycles. The molecule has 0 radical (unpaired) electrons. The van der Waals surface area contributed by atoms with Crippen LogP contribution in [0.15, 0.2) is 39.9 Å². The number of rotatable bonds is 5. The fourth-order valence-electron chi connectivity index (χ4n) is 4.29. The summed E-state index contributed by atoms with van der Waals surface area (Å²) in [5, 5.41) is 0.